The number of hydrogen-bond donors (Lipinski definition) is 1. The van der Waals surface area contributed by atoms with Crippen molar-refractivity contribution in [3.63, 3.8) is 0 Å². The van der Waals surface area contributed by atoms with Crippen LogP contribution in [0.15, 0.2) is 66.7 Å². The molecule has 0 fully saturated rings. The molecule has 0 aliphatic heterocycles. The molecule has 3 aromatic rings. The fraction of sp³-hybridized carbons (Fsp3) is 0.125. The van der Waals surface area contributed by atoms with Crippen molar-refractivity contribution in [2.75, 3.05) is 14.2 Å². The van der Waals surface area contributed by atoms with Crippen molar-refractivity contribution < 1.29 is 24.1 Å². The van der Waals surface area contributed by atoms with Crippen molar-refractivity contribution in [1.29, 1.82) is 0 Å². The number of hydrogen-bond acceptors (Lipinski definition) is 5. The molecule has 0 amide bonds. The monoisotopic (exact) mass is 424 g/mol. The summed E-state index contributed by atoms with van der Waals surface area (Å²) in [7, 11) is 3.03. The van der Waals surface area contributed by atoms with E-state index in [-0.39, 0.29) is 23.9 Å². The number of phenolic OH excluding ortho intramolecular Hbond substituents is 1. The molecule has 0 radical (unpaired) electrons. The Balaban J connectivity index is 1.76. The third-order valence-corrected chi connectivity index (χ3v) is 4.62. The number of aromatic hydroxyl groups is 1. The largest absolute Gasteiger partial charge is 0.504 e. The van der Waals surface area contributed by atoms with Crippen LogP contribution in [-0.4, -0.2) is 25.1 Å². The molecule has 0 atom stereocenters. The standard InChI is InChI=1S/C24H21ClO5/c1-28-23-11-7-16(12-18(23)15-30-20-5-3-4-19(25)14-20)6-9-21(26)17-8-10-22(27)24(13-17)29-2/h3-14,27H,15H2,1-2H3/b9-6+. The number of carbonyl (C=O) groups is 1. The number of methoxy groups -OCH3 is 2. The maximum Gasteiger partial charge on any atom is 0.185 e. The number of carbonyl (C=O) groups excluding carboxylic acids is 1. The lowest BCUT2D eigenvalue weighted by molar-refractivity contribution is 0.104. The summed E-state index contributed by atoms with van der Waals surface area (Å²) in [5.41, 5.74) is 2.07. The Morgan fingerprint density at radius 1 is 1.00 bits per heavy atom. The second-order valence-electron chi connectivity index (χ2n) is 6.40. The molecule has 3 rings (SSSR count). The van der Waals surface area contributed by atoms with Gasteiger partial charge in [0.15, 0.2) is 17.3 Å². The van der Waals surface area contributed by atoms with E-state index in [0.717, 1.165) is 11.1 Å². The number of phenols is 1. The van der Waals surface area contributed by atoms with Crippen LogP contribution in [0.5, 0.6) is 23.0 Å². The Labute approximate surface area is 180 Å². The molecule has 6 heteroatoms. The molecular formula is C24H21ClO5. The minimum atomic E-state index is -0.208. The summed E-state index contributed by atoms with van der Waals surface area (Å²) in [6, 6.07) is 17.2. The molecule has 0 aliphatic rings. The quantitative estimate of drug-likeness (QED) is 0.380. The zero-order valence-corrected chi connectivity index (χ0v) is 17.3. The lowest BCUT2D eigenvalue weighted by atomic mass is 10.1. The van der Waals surface area contributed by atoms with Crippen molar-refractivity contribution in [1.82, 2.24) is 0 Å². The maximum absolute atomic E-state index is 12.5. The van der Waals surface area contributed by atoms with Gasteiger partial charge in [0, 0.05) is 16.1 Å². The number of halogens is 1. The van der Waals surface area contributed by atoms with Crippen LogP contribution in [0.2, 0.25) is 5.02 Å². The van der Waals surface area contributed by atoms with Gasteiger partial charge in [-0.1, -0.05) is 29.8 Å². The maximum atomic E-state index is 12.5. The van der Waals surface area contributed by atoms with Gasteiger partial charge in [-0.15, -0.1) is 0 Å². The van der Waals surface area contributed by atoms with Gasteiger partial charge in [-0.25, -0.2) is 0 Å². The Morgan fingerprint density at radius 3 is 2.53 bits per heavy atom. The molecule has 0 saturated carbocycles. The van der Waals surface area contributed by atoms with E-state index < -0.39 is 0 Å². The van der Waals surface area contributed by atoms with Gasteiger partial charge < -0.3 is 19.3 Å². The van der Waals surface area contributed by atoms with Crippen molar-refractivity contribution in [3.05, 3.63) is 88.5 Å². The van der Waals surface area contributed by atoms with Crippen LogP contribution in [-0.2, 0) is 6.61 Å². The topological polar surface area (TPSA) is 65.0 Å². The van der Waals surface area contributed by atoms with Crippen molar-refractivity contribution in [2.45, 2.75) is 6.61 Å². The van der Waals surface area contributed by atoms with E-state index in [2.05, 4.69) is 0 Å². The highest BCUT2D eigenvalue weighted by Crippen LogP contribution is 2.27. The molecule has 0 saturated heterocycles. The van der Waals surface area contributed by atoms with E-state index >= 15 is 0 Å². The van der Waals surface area contributed by atoms with Crippen LogP contribution in [0.4, 0.5) is 0 Å². The molecule has 5 nitrogen and oxygen atoms in total. The van der Waals surface area contributed by atoms with E-state index in [9.17, 15) is 9.90 Å². The Bertz CT molecular complexity index is 1070. The highest BCUT2D eigenvalue weighted by molar-refractivity contribution is 6.30. The van der Waals surface area contributed by atoms with Gasteiger partial charge in [-0.2, -0.15) is 0 Å². The van der Waals surface area contributed by atoms with Crippen LogP contribution in [0.3, 0.4) is 0 Å². The summed E-state index contributed by atoms with van der Waals surface area (Å²) in [5.74, 6) is 1.36. The molecule has 0 spiro atoms. The summed E-state index contributed by atoms with van der Waals surface area (Å²) in [4.78, 5) is 12.5. The van der Waals surface area contributed by atoms with Gasteiger partial charge in [0.1, 0.15) is 18.1 Å². The third-order valence-electron chi connectivity index (χ3n) is 4.39. The van der Waals surface area contributed by atoms with E-state index in [4.69, 9.17) is 25.8 Å². The Hall–Kier alpha value is -3.44. The summed E-state index contributed by atoms with van der Waals surface area (Å²) in [6.07, 6.45) is 3.18. The highest BCUT2D eigenvalue weighted by atomic mass is 35.5. The molecule has 1 N–H and O–H groups in total. The molecule has 0 bridgehead atoms. The zero-order valence-electron chi connectivity index (χ0n) is 16.6. The molecule has 0 aliphatic carbocycles. The normalized spacial score (nSPS) is 10.8. The van der Waals surface area contributed by atoms with E-state index in [1.807, 2.05) is 30.3 Å². The number of ketones is 1. The van der Waals surface area contributed by atoms with Gasteiger partial charge in [0.25, 0.3) is 0 Å². The number of benzene rings is 3. The van der Waals surface area contributed by atoms with Crippen molar-refractivity contribution in [2.24, 2.45) is 0 Å². The van der Waals surface area contributed by atoms with Crippen molar-refractivity contribution >= 4 is 23.5 Å². The zero-order chi connectivity index (χ0) is 21.5. The van der Waals surface area contributed by atoms with E-state index in [0.29, 0.717) is 22.1 Å². The SMILES string of the molecule is COc1cc(C(=O)/C=C/c2ccc(OC)c(COc3cccc(Cl)c3)c2)ccc1O. The summed E-state index contributed by atoms with van der Waals surface area (Å²) < 4.78 is 16.3. The second-order valence-corrected chi connectivity index (χ2v) is 6.84. The van der Waals surface area contributed by atoms with Gasteiger partial charge in [-0.3, -0.25) is 4.79 Å². The van der Waals surface area contributed by atoms with E-state index in [1.54, 1.807) is 31.4 Å². The van der Waals surface area contributed by atoms with Gasteiger partial charge in [-0.05, 0) is 60.2 Å². The van der Waals surface area contributed by atoms with Gasteiger partial charge >= 0.3 is 0 Å². The summed E-state index contributed by atoms with van der Waals surface area (Å²) >= 11 is 5.99. The Morgan fingerprint density at radius 2 is 1.80 bits per heavy atom. The molecule has 0 heterocycles. The average Bonchev–Trinajstić information content (AvgIpc) is 2.76. The Kier molecular flexibility index (Phi) is 6.99. The number of rotatable bonds is 8. The second kappa shape index (κ2) is 9.85. The molecule has 30 heavy (non-hydrogen) atoms. The minimum Gasteiger partial charge on any atom is -0.504 e. The van der Waals surface area contributed by atoms with Gasteiger partial charge in [0.05, 0.1) is 14.2 Å². The molecule has 154 valence electrons. The first-order chi connectivity index (χ1) is 14.5. The lowest BCUT2D eigenvalue weighted by Crippen LogP contribution is -1.99. The molecule has 3 aromatic carbocycles. The number of ether oxygens (including phenoxy) is 3. The van der Waals surface area contributed by atoms with Crippen LogP contribution in [0, 0.1) is 0 Å². The van der Waals surface area contributed by atoms with Crippen LogP contribution < -0.4 is 14.2 Å². The third kappa shape index (κ3) is 5.33. The first-order valence-corrected chi connectivity index (χ1v) is 9.52. The predicted octanol–water partition coefficient (Wildman–Crippen LogP) is 5.54. The van der Waals surface area contributed by atoms with Crippen molar-refractivity contribution in [3.8, 4) is 23.0 Å². The smallest absolute Gasteiger partial charge is 0.185 e. The highest BCUT2D eigenvalue weighted by Gasteiger charge is 2.09. The first kappa shape index (κ1) is 21.3. The molecule has 0 aromatic heterocycles. The first-order valence-electron chi connectivity index (χ1n) is 9.15. The number of allylic oxidation sites excluding steroid dienone is 1. The van der Waals surface area contributed by atoms with E-state index in [1.165, 1.54) is 25.3 Å². The summed E-state index contributed by atoms with van der Waals surface area (Å²) in [6.45, 7) is 0.286. The minimum absolute atomic E-state index is 0.0162. The van der Waals surface area contributed by atoms with Crippen LogP contribution >= 0.6 is 11.6 Å². The fourth-order valence-corrected chi connectivity index (χ4v) is 3.01. The predicted molar refractivity (Wildman–Crippen MR) is 117 cm³/mol. The summed E-state index contributed by atoms with van der Waals surface area (Å²) in [5, 5.41) is 10.3. The van der Waals surface area contributed by atoms with Crippen LogP contribution in [0.25, 0.3) is 6.08 Å². The fourth-order valence-electron chi connectivity index (χ4n) is 2.83. The van der Waals surface area contributed by atoms with Gasteiger partial charge in [0.2, 0.25) is 0 Å². The lowest BCUT2D eigenvalue weighted by Gasteiger charge is -2.11. The molecule has 0 unspecified atom stereocenters. The molecular weight excluding hydrogens is 404 g/mol. The van der Waals surface area contributed by atoms with Crippen LogP contribution in [0.1, 0.15) is 21.5 Å². The average molecular weight is 425 g/mol.